The molecule has 1 aromatic heterocycles. The van der Waals surface area contributed by atoms with Crippen molar-refractivity contribution in [1.82, 2.24) is 20.1 Å². The van der Waals surface area contributed by atoms with Gasteiger partial charge in [0.15, 0.2) is 11.0 Å². The smallest absolute Gasteiger partial charge is 0.230 e. The number of para-hydroxylation sites is 2. The Morgan fingerprint density at radius 3 is 2.64 bits per heavy atom. The predicted molar refractivity (Wildman–Crippen MR) is 109 cm³/mol. The van der Waals surface area contributed by atoms with E-state index in [0.717, 1.165) is 18.5 Å². The Labute approximate surface area is 172 Å². The minimum Gasteiger partial charge on any atom is -0.484 e. The van der Waals surface area contributed by atoms with Gasteiger partial charge in [-0.2, -0.15) is 0 Å². The van der Waals surface area contributed by atoms with Crippen molar-refractivity contribution >= 4 is 29.3 Å². The van der Waals surface area contributed by atoms with E-state index < -0.39 is 0 Å². The molecule has 144 valence electrons. The van der Waals surface area contributed by atoms with Crippen LogP contribution >= 0.6 is 23.4 Å². The summed E-state index contributed by atoms with van der Waals surface area (Å²) in [6, 6.07) is 17.4. The molecule has 2 aromatic carbocycles. The third-order valence-electron chi connectivity index (χ3n) is 4.18. The van der Waals surface area contributed by atoms with Crippen LogP contribution < -0.4 is 10.1 Å². The third-order valence-corrected chi connectivity index (χ3v) is 5.42. The Morgan fingerprint density at radius 1 is 1.14 bits per heavy atom. The second-order valence-corrected chi connectivity index (χ2v) is 7.77. The van der Waals surface area contributed by atoms with Crippen LogP contribution in [0.4, 0.5) is 0 Å². The molecule has 4 rings (SSSR count). The van der Waals surface area contributed by atoms with E-state index in [1.165, 1.54) is 11.8 Å². The molecule has 1 aliphatic rings. The zero-order chi connectivity index (χ0) is 19.3. The molecule has 0 radical (unpaired) electrons. The fourth-order valence-corrected chi connectivity index (χ4v) is 3.63. The van der Waals surface area contributed by atoms with Crippen LogP contribution in [0.5, 0.6) is 5.75 Å². The molecule has 1 amide bonds. The number of nitrogens with zero attached hydrogens (tertiary/aromatic N) is 3. The highest BCUT2D eigenvalue weighted by atomic mass is 35.5. The second-order valence-electron chi connectivity index (χ2n) is 6.42. The van der Waals surface area contributed by atoms with Gasteiger partial charge in [0, 0.05) is 11.7 Å². The second kappa shape index (κ2) is 8.67. The summed E-state index contributed by atoms with van der Waals surface area (Å²) >= 11 is 7.53. The minimum atomic E-state index is 0.0176. The quantitative estimate of drug-likeness (QED) is 0.566. The van der Waals surface area contributed by atoms with Crippen molar-refractivity contribution in [3.8, 4) is 11.4 Å². The lowest BCUT2D eigenvalue weighted by Gasteiger charge is -2.11. The molecule has 1 saturated carbocycles. The lowest BCUT2D eigenvalue weighted by molar-refractivity contribution is -0.118. The average Bonchev–Trinajstić information content (AvgIpc) is 3.43. The largest absolute Gasteiger partial charge is 0.484 e. The number of carbonyl (C=O) groups excluding carboxylic acids is 1. The average molecular weight is 415 g/mol. The van der Waals surface area contributed by atoms with Crippen LogP contribution in [0.3, 0.4) is 0 Å². The molecule has 0 unspecified atom stereocenters. The standard InChI is InChI=1S/C20H19ClN4O2S/c21-16-8-4-5-9-17(16)27-12-18-23-24-20(25(18)15-6-2-1-3-7-15)28-13-19(26)22-14-10-11-14/h1-9,14H,10-13H2,(H,22,26). The predicted octanol–water partition coefficient (Wildman–Crippen LogP) is 3.87. The molecule has 0 aliphatic heterocycles. The molecule has 0 spiro atoms. The molecule has 1 aliphatic carbocycles. The van der Waals surface area contributed by atoms with E-state index in [1.54, 1.807) is 6.07 Å². The van der Waals surface area contributed by atoms with E-state index in [1.807, 2.05) is 53.1 Å². The Morgan fingerprint density at radius 2 is 1.89 bits per heavy atom. The SMILES string of the molecule is O=C(CSc1nnc(COc2ccccc2Cl)n1-c1ccccc1)NC1CC1. The minimum absolute atomic E-state index is 0.0176. The van der Waals surface area contributed by atoms with Gasteiger partial charge in [-0.25, -0.2) is 0 Å². The third kappa shape index (κ3) is 4.66. The molecule has 1 heterocycles. The first kappa shape index (κ1) is 18.8. The number of ether oxygens (including phenoxy) is 1. The van der Waals surface area contributed by atoms with Crippen molar-refractivity contribution in [3.05, 3.63) is 65.4 Å². The molecule has 28 heavy (non-hydrogen) atoms. The van der Waals surface area contributed by atoms with Crippen LogP contribution in [0.15, 0.2) is 59.8 Å². The summed E-state index contributed by atoms with van der Waals surface area (Å²) in [7, 11) is 0. The van der Waals surface area contributed by atoms with Crippen LogP contribution in [-0.4, -0.2) is 32.5 Å². The number of nitrogens with one attached hydrogen (secondary N) is 1. The van der Waals surface area contributed by atoms with Crippen LogP contribution in [0.25, 0.3) is 5.69 Å². The maximum Gasteiger partial charge on any atom is 0.230 e. The number of halogens is 1. The fourth-order valence-electron chi connectivity index (χ4n) is 2.65. The first-order valence-electron chi connectivity index (χ1n) is 9.00. The summed E-state index contributed by atoms with van der Waals surface area (Å²) in [4.78, 5) is 12.0. The van der Waals surface area contributed by atoms with Gasteiger partial charge in [-0.05, 0) is 37.1 Å². The molecule has 0 atom stereocenters. The van der Waals surface area contributed by atoms with Gasteiger partial charge >= 0.3 is 0 Å². The van der Waals surface area contributed by atoms with E-state index in [4.69, 9.17) is 16.3 Å². The number of thioether (sulfide) groups is 1. The Kier molecular flexibility index (Phi) is 5.83. The molecule has 1 N–H and O–H groups in total. The van der Waals surface area contributed by atoms with Crippen molar-refractivity contribution in [2.75, 3.05) is 5.75 Å². The highest BCUT2D eigenvalue weighted by Gasteiger charge is 2.24. The van der Waals surface area contributed by atoms with E-state index >= 15 is 0 Å². The van der Waals surface area contributed by atoms with Gasteiger partial charge in [0.1, 0.15) is 12.4 Å². The van der Waals surface area contributed by atoms with Crippen molar-refractivity contribution in [1.29, 1.82) is 0 Å². The van der Waals surface area contributed by atoms with Gasteiger partial charge in [0.2, 0.25) is 5.91 Å². The van der Waals surface area contributed by atoms with Crippen LogP contribution in [0.2, 0.25) is 5.02 Å². The van der Waals surface area contributed by atoms with Crippen molar-refractivity contribution < 1.29 is 9.53 Å². The molecule has 0 saturated heterocycles. The van der Waals surface area contributed by atoms with Crippen molar-refractivity contribution in [2.45, 2.75) is 30.6 Å². The summed E-state index contributed by atoms with van der Waals surface area (Å²) in [5.74, 6) is 1.54. The Bertz CT molecular complexity index is 960. The number of amides is 1. The molecule has 1 fully saturated rings. The zero-order valence-corrected chi connectivity index (χ0v) is 16.6. The topological polar surface area (TPSA) is 69.0 Å². The number of benzene rings is 2. The van der Waals surface area contributed by atoms with E-state index in [-0.39, 0.29) is 12.5 Å². The van der Waals surface area contributed by atoms with Gasteiger partial charge in [0.05, 0.1) is 10.8 Å². The molecule has 3 aromatic rings. The normalized spacial score (nSPS) is 13.3. The van der Waals surface area contributed by atoms with E-state index in [2.05, 4.69) is 15.5 Å². The molecule has 6 nitrogen and oxygen atoms in total. The van der Waals surface area contributed by atoms with E-state index in [0.29, 0.717) is 33.5 Å². The van der Waals surface area contributed by atoms with E-state index in [9.17, 15) is 4.79 Å². The number of aromatic nitrogens is 3. The van der Waals surface area contributed by atoms with Gasteiger partial charge in [-0.1, -0.05) is 53.7 Å². The number of hydrogen-bond acceptors (Lipinski definition) is 5. The molecule has 8 heteroatoms. The van der Waals surface area contributed by atoms with Gasteiger partial charge in [-0.3, -0.25) is 9.36 Å². The zero-order valence-electron chi connectivity index (χ0n) is 15.0. The lowest BCUT2D eigenvalue weighted by Crippen LogP contribution is -2.27. The van der Waals surface area contributed by atoms with Crippen LogP contribution in [0.1, 0.15) is 18.7 Å². The highest BCUT2D eigenvalue weighted by molar-refractivity contribution is 7.99. The van der Waals surface area contributed by atoms with Crippen molar-refractivity contribution in [3.63, 3.8) is 0 Å². The maximum absolute atomic E-state index is 12.0. The van der Waals surface area contributed by atoms with Gasteiger partial charge in [-0.15, -0.1) is 10.2 Å². The highest BCUT2D eigenvalue weighted by Crippen LogP contribution is 2.26. The van der Waals surface area contributed by atoms with Crippen molar-refractivity contribution in [2.24, 2.45) is 0 Å². The maximum atomic E-state index is 12.0. The summed E-state index contributed by atoms with van der Waals surface area (Å²) in [5, 5.41) is 12.7. The number of carbonyl (C=O) groups is 1. The Hall–Kier alpha value is -2.51. The summed E-state index contributed by atoms with van der Waals surface area (Å²) in [5.41, 5.74) is 0.912. The summed E-state index contributed by atoms with van der Waals surface area (Å²) < 4.78 is 7.75. The Balaban J connectivity index is 1.53. The summed E-state index contributed by atoms with van der Waals surface area (Å²) in [6.07, 6.45) is 2.14. The van der Waals surface area contributed by atoms with Crippen LogP contribution in [0, 0.1) is 0 Å². The first-order chi connectivity index (χ1) is 13.7. The van der Waals surface area contributed by atoms with Gasteiger partial charge in [0.25, 0.3) is 0 Å². The molecular formula is C20H19ClN4O2S. The molecular weight excluding hydrogens is 396 g/mol. The monoisotopic (exact) mass is 414 g/mol. The summed E-state index contributed by atoms with van der Waals surface area (Å²) in [6.45, 7) is 0.209. The van der Waals surface area contributed by atoms with Gasteiger partial charge < -0.3 is 10.1 Å². The first-order valence-corrected chi connectivity index (χ1v) is 10.4. The lowest BCUT2D eigenvalue weighted by atomic mass is 10.3. The number of hydrogen-bond donors (Lipinski definition) is 1. The van der Waals surface area contributed by atoms with Crippen LogP contribution in [-0.2, 0) is 11.4 Å². The fraction of sp³-hybridized carbons (Fsp3) is 0.250. The number of rotatable bonds is 8. The molecule has 0 bridgehead atoms.